The molecule has 121 heavy (non-hydrogen) atoms. The fourth-order valence-corrected chi connectivity index (χ4v) is 12.4. The van der Waals surface area contributed by atoms with Crippen molar-refractivity contribution in [2.24, 2.45) is 23.7 Å². The molecule has 2 aliphatic heterocycles. The molecular weight excluding hydrogens is 1570 g/mol. The van der Waals surface area contributed by atoms with Crippen molar-refractivity contribution in [3.63, 3.8) is 0 Å². The molecule has 0 bridgehead atoms. The van der Waals surface area contributed by atoms with E-state index in [1.165, 1.54) is 93.7 Å². The van der Waals surface area contributed by atoms with Gasteiger partial charge in [-0.2, -0.15) is 0 Å². The van der Waals surface area contributed by atoms with Gasteiger partial charge in [0.05, 0.1) is 59.4 Å². The predicted octanol–water partition coefficient (Wildman–Crippen LogP) is 5.22. The number of nitrogens with one attached hydrogen (secondary N) is 7. The van der Waals surface area contributed by atoms with Gasteiger partial charge in [0.2, 0.25) is 47.3 Å². The van der Waals surface area contributed by atoms with Crippen molar-refractivity contribution in [1.82, 2.24) is 56.4 Å². The Morgan fingerprint density at radius 3 is 1.85 bits per heavy atom. The van der Waals surface area contributed by atoms with Crippen LogP contribution in [-0.4, -0.2) is 282 Å². The molecule has 2 aromatic rings. The van der Waals surface area contributed by atoms with E-state index < -0.39 is 144 Å². The minimum Gasteiger partial charge on any atom is -0.456 e. The Morgan fingerprint density at radius 2 is 1.26 bits per heavy atom. The van der Waals surface area contributed by atoms with Crippen molar-refractivity contribution in [2.45, 2.75) is 209 Å². The molecule has 0 radical (unpaired) electrons. The molecule has 0 saturated carbocycles. The third-order valence-electron chi connectivity index (χ3n) is 20.4. The van der Waals surface area contributed by atoms with E-state index in [9.17, 15) is 71.9 Å². The molecule has 4 rings (SSSR count). The summed E-state index contributed by atoms with van der Waals surface area (Å²) in [5, 5.41) is 19.0. The van der Waals surface area contributed by atoms with Gasteiger partial charge in [-0.05, 0) is 107 Å². The highest BCUT2D eigenvalue weighted by Crippen LogP contribution is 2.27. The normalized spacial score (nSPS) is 20.9. The van der Waals surface area contributed by atoms with Gasteiger partial charge in [0.15, 0.2) is 6.10 Å². The molecule has 0 fully saturated rings. The summed E-state index contributed by atoms with van der Waals surface area (Å²) in [6.07, 6.45) is 2.89. The first kappa shape index (κ1) is 103. The lowest BCUT2D eigenvalue weighted by atomic mass is 9.90. The fourth-order valence-electron chi connectivity index (χ4n) is 12.4. The van der Waals surface area contributed by atoms with Crippen molar-refractivity contribution < 1.29 is 110 Å². The molecule has 7 N–H and O–H groups in total. The molecule has 2 aliphatic rings. The third kappa shape index (κ3) is 36.7. The summed E-state index contributed by atoms with van der Waals surface area (Å²) < 4.78 is 45.9. The summed E-state index contributed by atoms with van der Waals surface area (Å²) in [6, 6.07) is 8.36. The third-order valence-corrected chi connectivity index (χ3v) is 20.4. The van der Waals surface area contributed by atoms with Crippen LogP contribution < -0.4 is 37.2 Å². The second kappa shape index (κ2) is 53.9. The van der Waals surface area contributed by atoms with Crippen molar-refractivity contribution in [2.75, 3.05) is 119 Å². The monoisotopic (exact) mass is 1700 g/mol. The quantitative estimate of drug-likeness (QED) is 0.0148. The molecule has 672 valence electrons. The summed E-state index contributed by atoms with van der Waals surface area (Å²) in [5.74, 6) is -9.50. The number of hydrogen-bond donors (Lipinski definition) is 7. The Balaban J connectivity index is 1.30. The van der Waals surface area contributed by atoms with Gasteiger partial charge in [-0.3, -0.25) is 57.6 Å². The van der Waals surface area contributed by atoms with E-state index >= 15 is 0 Å². The standard InChI is InChI=1S/C86H130N12O23/c1-18-56(7)75-80(107)90-62(13)84(111)121-76(57(8)19-2)59(10)67(34-29-58(9)83(110)119-68(50-54(3)4)78(105)89-61(12)81(108)97(17)66(51-63-26-22-20-23-27-63)82(109)96(16)52-71(101)93-75)120-86(113)95(15)41-40-94(14)85(112)118-53-64-30-32-65(33-31-64)91-77(104)60(11)88-79(106)74(55(5)6)92-70(100)37-42-114-44-46-116-48-49-117-47-45-115-43-38-87-69(99)28-24-21-25-39-98-72(102)35-36-73(98)103/h19-20,22-23,26-27,29-33,35-36,54-56,59-62,66-68,74-76H,18,21,24-25,28,34,37-53H2,1-17H3,(H,87,99)(H,88,106)(H,89,105)(H,90,107)(H,91,104)(H,92,100)(H,93,101)/b57-19+,58-29+/t56?,59-,60+,61-,62+,66+,67-,68+,74+,75-,76+/m0/s1. The van der Waals surface area contributed by atoms with Crippen LogP contribution in [0.5, 0.6) is 0 Å². The highest BCUT2D eigenvalue weighted by Gasteiger charge is 2.39. The second-order valence-corrected chi connectivity index (χ2v) is 31.2. The van der Waals surface area contributed by atoms with Gasteiger partial charge < -0.3 is 94.7 Å². The number of likely N-dealkylation sites (N-methyl/N-ethyl adjacent to an activating group) is 4. The van der Waals surface area contributed by atoms with Crippen LogP contribution in [0.25, 0.3) is 0 Å². The van der Waals surface area contributed by atoms with Crippen LogP contribution in [0.1, 0.15) is 153 Å². The summed E-state index contributed by atoms with van der Waals surface area (Å²) in [4.78, 5) is 208. The molecular formula is C86H130N12O23. The van der Waals surface area contributed by atoms with E-state index in [2.05, 4.69) is 37.2 Å². The average Bonchev–Trinajstić information content (AvgIpc) is 1.50. The summed E-state index contributed by atoms with van der Waals surface area (Å²) >= 11 is 0. The number of unbranched alkanes of at least 4 members (excludes halogenated alkanes) is 2. The number of anilines is 1. The minimum absolute atomic E-state index is 0.00259. The van der Waals surface area contributed by atoms with Crippen LogP contribution in [0.15, 0.2) is 90.0 Å². The number of cyclic esters (lactones) is 2. The minimum atomic E-state index is -1.41. The second-order valence-electron chi connectivity index (χ2n) is 31.2. The largest absolute Gasteiger partial charge is 0.456 e. The molecule has 2 heterocycles. The maximum atomic E-state index is 14.4. The molecule has 0 spiro atoms. The lowest BCUT2D eigenvalue weighted by Crippen LogP contribution is -2.57. The Hall–Kier alpha value is -10.6. The van der Waals surface area contributed by atoms with Crippen molar-refractivity contribution >= 4 is 94.8 Å². The maximum Gasteiger partial charge on any atom is 0.409 e. The molecule has 11 atom stereocenters. The van der Waals surface area contributed by atoms with Crippen LogP contribution in [-0.2, 0) is 113 Å². The molecule has 0 aliphatic carbocycles. The number of nitrogens with zero attached hydrogens (tertiary/aromatic N) is 5. The number of esters is 2. The molecule has 0 saturated heterocycles. The zero-order valence-electron chi connectivity index (χ0n) is 73.4. The van der Waals surface area contributed by atoms with E-state index in [1.54, 1.807) is 102 Å². The van der Waals surface area contributed by atoms with Gasteiger partial charge in [-0.25, -0.2) is 19.2 Å². The Labute approximate surface area is 710 Å². The summed E-state index contributed by atoms with van der Waals surface area (Å²) in [6.45, 7) is 23.5. The number of amides is 13. The Kier molecular flexibility index (Phi) is 45.7. The zero-order chi connectivity index (χ0) is 90.0. The van der Waals surface area contributed by atoms with Crippen molar-refractivity contribution in [3.8, 4) is 0 Å². The van der Waals surface area contributed by atoms with Gasteiger partial charge >= 0.3 is 24.1 Å². The molecule has 1 unspecified atom stereocenters. The van der Waals surface area contributed by atoms with E-state index in [-0.39, 0.29) is 100 Å². The highest BCUT2D eigenvalue weighted by molar-refractivity contribution is 6.13. The van der Waals surface area contributed by atoms with Crippen LogP contribution >= 0.6 is 0 Å². The average molecular weight is 1700 g/mol. The number of benzene rings is 2. The van der Waals surface area contributed by atoms with Gasteiger partial charge in [0.25, 0.3) is 17.7 Å². The van der Waals surface area contributed by atoms with E-state index in [1.807, 2.05) is 20.8 Å². The summed E-state index contributed by atoms with van der Waals surface area (Å²) in [5.41, 5.74) is 2.13. The first-order chi connectivity index (χ1) is 57.4. The highest BCUT2D eigenvalue weighted by atomic mass is 16.6. The van der Waals surface area contributed by atoms with Crippen LogP contribution in [0, 0.1) is 23.7 Å². The van der Waals surface area contributed by atoms with Gasteiger partial charge in [0.1, 0.15) is 55.1 Å². The number of carbonyl (C=O) groups excluding carboxylic acids is 15. The molecule has 0 aromatic heterocycles. The Bertz CT molecular complexity index is 3840. The van der Waals surface area contributed by atoms with Crippen LogP contribution in [0.4, 0.5) is 15.3 Å². The zero-order valence-corrected chi connectivity index (χ0v) is 73.4. The SMILES string of the molecule is C/C=C(\C)[C@H]1OC(=O)[C@@H](C)NC(=O)[C@H](C(C)CC)NC(=O)CN(C)C(=O)[C@@H](Cc2ccccc2)N(C)C(=O)[C@H](C)NC(=O)[C@@H](CC(C)C)OC(=O)/C(C)=C/C[C@H](OC(=O)N(C)CCN(C)C(=O)OCc2ccc(NC(=O)[C@@H](C)NC(=O)[C@H](NC(=O)CCOCCOCCOCCOCCNC(=O)CCCCCN3C(=O)C=CC3=O)C(C)C)cc2)[C@@H]1C. The predicted molar refractivity (Wildman–Crippen MR) is 448 cm³/mol. The number of rotatable bonds is 40. The summed E-state index contributed by atoms with van der Waals surface area (Å²) in [7, 11) is 5.68. The fraction of sp³-hybridized carbons (Fsp3) is 0.616. The smallest absolute Gasteiger partial charge is 0.409 e. The molecule has 13 amide bonds. The number of hydrogen-bond acceptors (Lipinski definition) is 23. The topological polar surface area (TPSA) is 430 Å². The van der Waals surface area contributed by atoms with Crippen LogP contribution in [0.2, 0.25) is 0 Å². The van der Waals surface area contributed by atoms with Crippen LogP contribution in [0.3, 0.4) is 0 Å². The number of allylic oxidation sites excluding steroid dienone is 1. The maximum absolute atomic E-state index is 14.4. The first-order valence-electron chi connectivity index (χ1n) is 41.4. The first-order valence-corrected chi connectivity index (χ1v) is 41.4. The van der Waals surface area contributed by atoms with Gasteiger partial charge in [0, 0.05) is 109 Å². The van der Waals surface area contributed by atoms with E-state index in [0.717, 1.165) is 4.90 Å². The lowest BCUT2D eigenvalue weighted by molar-refractivity contribution is -0.155. The number of carbonyl (C=O) groups is 15. The molecule has 35 heteroatoms. The molecule has 2 aromatic carbocycles. The Morgan fingerprint density at radius 1 is 0.661 bits per heavy atom. The molecule has 35 nitrogen and oxygen atoms in total. The van der Waals surface area contributed by atoms with Gasteiger partial charge in [-0.15, -0.1) is 0 Å². The number of imide groups is 1. The van der Waals surface area contributed by atoms with Gasteiger partial charge in [-0.1, -0.05) is 116 Å². The number of ether oxygens (including phenoxy) is 8. The lowest BCUT2D eigenvalue weighted by Gasteiger charge is -2.33. The van der Waals surface area contributed by atoms with Crippen molar-refractivity contribution in [3.05, 3.63) is 101 Å². The van der Waals surface area contributed by atoms with Crippen molar-refractivity contribution in [1.29, 1.82) is 0 Å². The van der Waals surface area contributed by atoms with E-state index in [0.29, 0.717) is 101 Å². The van der Waals surface area contributed by atoms with E-state index in [4.69, 9.17) is 37.9 Å².